The van der Waals surface area contributed by atoms with E-state index >= 15 is 0 Å². The highest BCUT2D eigenvalue weighted by molar-refractivity contribution is 7.98. The Labute approximate surface area is 164 Å². The molecule has 0 aliphatic heterocycles. The smallest absolute Gasteiger partial charge is 0.220 e. The first-order valence-corrected chi connectivity index (χ1v) is 10.0. The van der Waals surface area contributed by atoms with Crippen molar-refractivity contribution in [2.24, 2.45) is 0 Å². The first-order chi connectivity index (χ1) is 13.1. The van der Waals surface area contributed by atoms with E-state index in [0.717, 1.165) is 22.4 Å². The Bertz CT molecular complexity index is 918. The van der Waals surface area contributed by atoms with E-state index in [9.17, 15) is 4.79 Å². The predicted octanol–water partition coefficient (Wildman–Crippen LogP) is 4.20. The maximum Gasteiger partial charge on any atom is 0.220 e. The van der Waals surface area contributed by atoms with Crippen molar-refractivity contribution in [3.63, 3.8) is 0 Å². The van der Waals surface area contributed by atoms with Crippen LogP contribution < -0.4 is 5.32 Å². The summed E-state index contributed by atoms with van der Waals surface area (Å²) in [5.41, 5.74) is 4.69. The molecule has 1 N–H and O–H groups in total. The average Bonchev–Trinajstić information content (AvgIpc) is 3.08. The van der Waals surface area contributed by atoms with Crippen molar-refractivity contribution in [2.75, 3.05) is 0 Å². The molecule has 1 aromatic heterocycles. The summed E-state index contributed by atoms with van der Waals surface area (Å²) in [6, 6.07) is 16.7. The van der Waals surface area contributed by atoms with Gasteiger partial charge in [0, 0.05) is 17.9 Å². The number of rotatable bonds is 7. The molecule has 0 unspecified atom stereocenters. The summed E-state index contributed by atoms with van der Waals surface area (Å²) < 4.78 is 2.02. The molecule has 2 aromatic carbocycles. The van der Waals surface area contributed by atoms with Crippen LogP contribution in [0.1, 0.15) is 35.9 Å². The molecule has 0 radical (unpaired) electrons. The summed E-state index contributed by atoms with van der Waals surface area (Å²) in [5, 5.41) is 12.4. The quantitative estimate of drug-likeness (QED) is 0.624. The number of amides is 1. The Morgan fingerprint density at radius 3 is 2.56 bits per heavy atom. The van der Waals surface area contributed by atoms with Gasteiger partial charge in [-0.3, -0.25) is 9.36 Å². The molecular formula is C21H24N4OS. The summed E-state index contributed by atoms with van der Waals surface area (Å²) in [4.78, 5) is 11.7. The Balaban J connectivity index is 1.86. The molecule has 6 heteroatoms. The van der Waals surface area contributed by atoms with Gasteiger partial charge < -0.3 is 5.32 Å². The molecular weight excluding hydrogens is 356 g/mol. The van der Waals surface area contributed by atoms with Gasteiger partial charge in [-0.15, -0.1) is 10.2 Å². The van der Waals surface area contributed by atoms with Crippen molar-refractivity contribution in [1.29, 1.82) is 0 Å². The van der Waals surface area contributed by atoms with Crippen molar-refractivity contribution in [3.8, 4) is 5.69 Å². The minimum atomic E-state index is 0.00224. The van der Waals surface area contributed by atoms with Crippen LogP contribution >= 0.6 is 11.8 Å². The van der Waals surface area contributed by atoms with E-state index in [-0.39, 0.29) is 5.91 Å². The molecule has 0 saturated heterocycles. The molecule has 0 aliphatic rings. The Morgan fingerprint density at radius 1 is 1.07 bits per heavy atom. The highest BCUT2D eigenvalue weighted by Crippen LogP contribution is 2.26. The van der Waals surface area contributed by atoms with Crippen LogP contribution in [0, 0.1) is 13.8 Å². The van der Waals surface area contributed by atoms with Gasteiger partial charge in [-0.25, -0.2) is 0 Å². The van der Waals surface area contributed by atoms with E-state index in [0.29, 0.717) is 13.0 Å². The van der Waals surface area contributed by atoms with Crippen molar-refractivity contribution in [3.05, 3.63) is 71.0 Å². The second-order valence-electron chi connectivity index (χ2n) is 6.48. The minimum absolute atomic E-state index is 0.00224. The zero-order valence-corrected chi connectivity index (χ0v) is 16.7. The van der Waals surface area contributed by atoms with Crippen LogP contribution in [0.3, 0.4) is 0 Å². The van der Waals surface area contributed by atoms with Crippen molar-refractivity contribution < 1.29 is 4.79 Å². The van der Waals surface area contributed by atoms with Crippen LogP contribution in [-0.4, -0.2) is 20.7 Å². The molecule has 0 fully saturated rings. The first-order valence-electron chi connectivity index (χ1n) is 9.03. The van der Waals surface area contributed by atoms with Crippen molar-refractivity contribution in [1.82, 2.24) is 20.1 Å². The summed E-state index contributed by atoms with van der Waals surface area (Å²) in [6.45, 7) is 6.35. The molecule has 1 heterocycles. The fraction of sp³-hybridized carbons (Fsp3) is 0.286. The summed E-state index contributed by atoms with van der Waals surface area (Å²) in [7, 11) is 0. The lowest BCUT2D eigenvalue weighted by Gasteiger charge is -2.11. The van der Waals surface area contributed by atoms with E-state index in [1.54, 1.807) is 11.8 Å². The summed E-state index contributed by atoms with van der Waals surface area (Å²) in [5.74, 6) is 1.54. The zero-order chi connectivity index (χ0) is 19.2. The zero-order valence-electron chi connectivity index (χ0n) is 15.9. The molecule has 3 aromatic rings. The van der Waals surface area contributed by atoms with Gasteiger partial charge in [0.2, 0.25) is 5.91 Å². The average molecular weight is 381 g/mol. The lowest BCUT2D eigenvalue weighted by Crippen LogP contribution is -2.23. The number of benzene rings is 2. The molecule has 3 rings (SSSR count). The Hall–Kier alpha value is -2.60. The van der Waals surface area contributed by atoms with Crippen molar-refractivity contribution >= 4 is 17.7 Å². The monoisotopic (exact) mass is 380 g/mol. The van der Waals surface area contributed by atoms with Crippen LogP contribution in [0.5, 0.6) is 0 Å². The fourth-order valence-corrected chi connectivity index (χ4v) is 3.63. The van der Waals surface area contributed by atoms with Gasteiger partial charge in [0.25, 0.3) is 0 Å². The van der Waals surface area contributed by atoms with Gasteiger partial charge in [0.05, 0.1) is 6.54 Å². The number of thioether (sulfide) groups is 1. The minimum Gasteiger partial charge on any atom is -0.349 e. The molecule has 0 saturated carbocycles. The standard InChI is InChI=1S/C21H24N4OS/c1-4-20(26)22-13-19-23-24-21(25(19)18-10-8-15(2)9-11-18)27-14-17-7-5-6-16(3)12-17/h5-12H,4,13-14H2,1-3H3,(H,22,26). The molecule has 27 heavy (non-hydrogen) atoms. The SMILES string of the molecule is CCC(=O)NCc1nnc(SCc2cccc(C)c2)n1-c1ccc(C)cc1. The van der Waals surface area contributed by atoms with Gasteiger partial charge in [0.15, 0.2) is 11.0 Å². The third-order valence-corrected chi connectivity index (χ3v) is 5.21. The van der Waals surface area contributed by atoms with E-state index < -0.39 is 0 Å². The summed E-state index contributed by atoms with van der Waals surface area (Å²) in [6.07, 6.45) is 0.452. The van der Waals surface area contributed by atoms with Gasteiger partial charge in [-0.1, -0.05) is 66.2 Å². The van der Waals surface area contributed by atoms with E-state index in [1.165, 1.54) is 16.7 Å². The molecule has 5 nitrogen and oxygen atoms in total. The first kappa shape index (κ1) is 19.2. The van der Waals surface area contributed by atoms with Crippen LogP contribution in [-0.2, 0) is 17.1 Å². The molecule has 0 aliphatic carbocycles. The Morgan fingerprint density at radius 2 is 1.85 bits per heavy atom. The number of carbonyl (C=O) groups is 1. The van der Waals surface area contributed by atoms with E-state index in [4.69, 9.17) is 0 Å². The highest BCUT2D eigenvalue weighted by Gasteiger charge is 2.15. The van der Waals surface area contributed by atoms with Gasteiger partial charge in [-0.2, -0.15) is 0 Å². The van der Waals surface area contributed by atoms with Crippen LogP contribution in [0.15, 0.2) is 53.7 Å². The number of nitrogens with one attached hydrogen (secondary N) is 1. The topological polar surface area (TPSA) is 59.8 Å². The van der Waals surface area contributed by atoms with Gasteiger partial charge in [0.1, 0.15) is 0 Å². The lowest BCUT2D eigenvalue weighted by atomic mass is 10.2. The summed E-state index contributed by atoms with van der Waals surface area (Å²) >= 11 is 1.65. The van der Waals surface area contributed by atoms with Crippen molar-refractivity contribution in [2.45, 2.75) is 44.6 Å². The molecule has 0 atom stereocenters. The second-order valence-corrected chi connectivity index (χ2v) is 7.42. The number of aromatic nitrogens is 3. The Kier molecular flexibility index (Phi) is 6.29. The van der Waals surface area contributed by atoms with Crippen LogP contribution in [0.4, 0.5) is 0 Å². The van der Waals surface area contributed by atoms with Gasteiger partial charge in [-0.05, 0) is 31.5 Å². The van der Waals surface area contributed by atoms with Gasteiger partial charge >= 0.3 is 0 Å². The second kappa shape index (κ2) is 8.86. The number of aryl methyl sites for hydroxylation is 2. The normalized spacial score (nSPS) is 10.8. The lowest BCUT2D eigenvalue weighted by molar-refractivity contribution is -0.120. The molecule has 0 spiro atoms. The molecule has 140 valence electrons. The maximum absolute atomic E-state index is 11.7. The number of nitrogens with zero attached hydrogens (tertiary/aromatic N) is 3. The van der Waals surface area contributed by atoms with E-state index in [1.807, 2.05) is 11.5 Å². The molecule has 1 amide bonds. The number of carbonyl (C=O) groups excluding carboxylic acids is 1. The number of hydrogen-bond acceptors (Lipinski definition) is 4. The molecule has 0 bridgehead atoms. The predicted molar refractivity (Wildman–Crippen MR) is 109 cm³/mol. The van der Waals surface area contributed by atoms with Crippen LogP contribution in [0.25, 0.3) is 5.69 Å². The highest BCUT2D eigenvalue weighted by atomic mass is 32.2. The number of hydrogen-bond donors (Lipinski definition) is 1. The van der Waals surface area contributed by atoms with E-state index in [2.05, 4.69) is 77.9 Å². The van der Waals surface area contributed by atoms with Crippen LogP contribution in [0.2, 0.25) is 0 Å². The third-order valence-electron chi connectivity index (χ3n) is 4.21. The third kappa shape index (κ3) is 4.98. The maximum atomic E-state index is 11.7. The largest absolute Gasteiger partial charge is 0.349 e. The fourth-order valence-electron chi connectivity index (χ4n) is 2.71.